The largest absolute Gasteiger partial charge is 0.489 e. The van der Waals surface area contributed by atoms with Crippen LogP contribution in [0.5, 0.6) is 5.75 Å². The third kappa shape index (κ3) is 5.88. The molecular formula is C26H32FN3O5S. The van der Waals surface area contributed by atoms with E-state index in [1.165, 1.54) is 16.4 Å². The molecule has 194 valence electrons. The molecule has 2 heterocycles. The molecule has 10 heteroatoms. The monoisotopic (exact) mass is 517 g/mol. The van der Waals surface area contributed by atoms with Gasteiger partial charge in [0.1, 0.15) is 18.2 Å². The Morgan fingerprint density at radius 1 is 1.06 bits per heavy atom. The standard InChI is InChI=1S/C26H32FN3O5S/c1-29-15-21(16-29)35-20-9-11-30(12-10-20)36(32,33)28-26(31)23-13-22(19-7-8-19)25(14-24(23)27)34-17-18-5-3-2-4-6-18/h2-6,13-14,19-21H,7-12,15-17H2,1H3,(H,28,31). The second-order valence-corrected chi connectivity index (χ2v) is 11.6. The van der Waals surface area contributed by atoms with Crippen LogP contribution in [0, 0.1) is 5.82 Å². The van der Waals surface area contributed by atoms with Crippen molar-refractivity contribution in [2.24, 2.45) is 0 Å². The smallest absolute Gasteiger partial charge is 0.304 e. The van der Waals surface area contributed by atoms with Gasteiger partial charge in [-0.1, -0.05) is 30.3 Å². The van der Waals surface area contributed by atoms with Gasteiger partial charge in [-0.2, -0.15) is 12.7 Å². The molecule has 2 saturated heterocycles. The predicted molar refractivity (Wildman–Crippen MR) is 132 cm³/mol. The van der Waals surface area contributed by atoms with Crippen molar-refractivity contribution in [2.45, 2.75) is 50.4 Å². The fourth-order valence-electron chi connectivity index (χ4n) is 4.76. The lowest BCUT2D eigenvalue weighted by Crippen LogP contribution is -2.53. The SMILES string of the molecule is CN1CC(OC2CCN(S(=O)(=O)NC(=O)c3cc(C4CC4)c(OCc4ccccc4)cc3F)CC2)C1. The number of likely N-dealkylation sites (N-methyl/N-ethyl adjacent to an activating group) is 1. The van der Waals surface area contributed by atoms with E-state index in [9.17, 15) is 17.6 Å². The number of carbonyl (C=O) groups excluding carboxylic acids is 1. The van der Waals surface area contributed by atoms with E-state index < -0.39 is 21.9 Å². The van der Waals surface area contributed by atoms with E-state index in [1.807, 2.05) is 37.4 Å². The quantitative estimate of drug-likeness (QED) is 0.550. The maximum Gasteiger partial charge on any atom is 0.304 e. The third-order valence-electron chi connectivity index (χ3n) is 6.98. The summed E-state index contributed by atoms with van der Waals surface area (Å²) in [6.45, 7) is 2.55. The van der Waals surface area contributed by atoms with Crippen molar-refractivity contribution in [2.75, 3.05) is 33.2 Å². The Morgan fingerprint density at radius 2 is 1.75 bits per heavy atom. The minimum Gasteiger partial charge on any atom is -0.489 e. The fraction of sp³-hybridized carbons (Fsp3) is 0.500. The number of nitrogens with zero attached hydrogens (tertiary/aromatic N) is 2. The molecule has 2 aromatic rings. The van der Waals surface area contributed by atoms with Crippen LogP contribution in [0.1, 0.15) is 53.1 Å². The molecule has 0 atom stereocenters. The van der Waals surface area contributed by atoms with Crippen molar-refractivity contribution in [3.63, 3.8) is 0 Å². The Kier molecular flexibility index (Phi) is 7.30. The maximum atomic E-state index is 15.0. The number of hydrogen-bond donors (Lipinski definition) is 1. The van der Waals surface area contributed by atoms with Gasteiger partial charge in [-0.25, -0.2) is 9.11 Å². The first-order valence-corrected chi connectivity index (χ1v) is 13.9. The van der Waals surface area contributed by atoms with Crippen molar-refractivity contribution in [3.05, 3.63) is 65.0 Å². The Balaban J connectivity index is 1.22. The lowest BCUT2D eigenvalue weighted by atomic mass is 10.0. The molecule has 2 aromatic carbocycles. The summed E-state index contributed by atoms with van der Waals surface area (Å²) in [5, 5.41) is 0. The Bertz CT molecular complexity index is 1190. The number of carbonyl (C=O) groups is 1. The zero-order valence-electron chi connectivity index (χ0n) is 20.4. The van der Waals surface area contributed by atoms with Gasteiger partial charge in [0.2, 0.25) is 0 Å². The van der Waals surface area contributed by atoms with E-state index in [1.54, 1.807) is 0 Å². The molecular weight excluding hydrogens is 485 g/mol. The molecule has 1 saturated carbocycles. The van der Waals surface area contributed by atoms with Gasteiger partial charge >= 0.3 is 10.2 Å². The van der Waals surface area contributed by atoms with Crippen molar-refractivity contribution >= 4 is 16.1 Å². The highest BCUT2D eigenvalue weighted by atomic mass is 32.2. The maximum absolute atomic E-state index is 15.0. The first kappa shape index (κ1) is 25.1. The Hall–Kier alpha value is -2.53. The van der Waals surface area contributed by atoms with Crippen molar-refractivity contribution in [1.29, 1.82) is 0 Å². The van der Waals surface area contributed by atoms with E-state index in [-0.39, 0.29) is 43.4 Å². The molecule has 0 unspecified atom stereocenters. The molecule has 3 aliphatic rings. The molecule has 36 heavy (non-hydrogen) atoms. The zero-order valence-corrected chi connectivity index (χ0v) is 21.2. The number of hydrogen-bond acceptors (Lipinski definition) is 6. The van der Waals surface area contributed by atoms with Gasteiger partial charge in [0.25, 0.3) is 5.91 Å². The summed E-state index contributed by atoms with van der Waals surface area (Å²) in [5.41, 5.74) is 1.39. The van der Waals surface area contributed by atoms with Gasteiger partial charge < -0.3 is 14.4 Å². The number of benzene rings is 2. The van der Waals surface area contributed by atoms with Gasteiger partial charge in [0.15, 0.2) is 0 Å². The first-order chi connectivity index (χ1) is 17.3. The molecule has 0 aromatic heterocycles. The fourth-order valence-corrected chi connectivity index (χ4v) is 5.93. The topological polar surface area (TPSA) is 88.2 Å². The van der Waals surface area contributed by atoms with Crippen LogP contribution in [0.15, 0.2) is 42.5 Å². The van der Waals surface area contributed by atoms with Crippen molar-refractivity contribution < 1.29 is 27.1 Å². The number of nitrogens with one attached hydrogen (secondary N) is 1. The predicted octanol–water partition coefficient (Wildman–Crippen LogP) is 3.05. The van der Waals surface area contributed by atoms with Gasteiger partial charge in [0, 0.05) is 32.2 Å². The average Bonchev–Trinajstić information content (AvgIpc) is 3.68. The number of rotatable bonds is 9. The third-order valence-corrected chi connectivity index (χ3v) is 8.46. The van der Waals surface area contributed by atoms with Gasteiger partial charge in [-0.15, -0.1) is 0 Å². The molecule has 1 aliphatic carbocycles. The second kappa shape index (κ2) is 10.5. The number of ether oxygens (including phenoxy) is 2. The summed E-state index contributed by atoms with van der Waals surface area (Å²) in [7, 11) is -2.07. The molecule has 3 fully saturated rings. The summed E-state index contributed by atoms with van der Waals surface area (Å²) in [4.78, 5) is 15.0. The molecule has 0 bridgehead atoms. The van der Waals surface area contributed by atoms with Gasteiger partial charge in [0.05, 0.1) is 17.8 Å². The van der Waals surface area contributed by atoms with E-state index in [0.717, 1.165) is 37.1 Å². The summed E-state index contributed by atoms with van der Waals surface area (Å²) < 4.78 is 55.9. The summed E-state index contributed by atoms with van der Waals surface area (Å²) in [5.74, 6) is -1.22. The van der Waals surface area contributed by atoms with Crippen LogP contribution in [0.25, 0.3) is 0 Å². The molecule has 5 rings (SSSR count). The molecule has 1 amide bonds. The highest BCUT2D eigenvalue weighted by Crippen LogP contribution is 2.45. The molecule has 2 aliphatic heterocycles. The van der Waals surface area contributed by atoms with Crippen LogP contribution in [-0.2, 0) is 21.6 Å². The van der Waals surface area contributed by atoms with Crippen LogP contribution < -0.4 is 9.46 Å². The first-order valence-electron chi connectivity index (χ1n) is 12.4. The number of amides is 1. The minimum atomic E-state index is -4.10. The summed E-state index contributed by atoms with van der Waals surface area (Å²) in [6.07, 6.45) is 3.16. The molecule has 1 N–H and O–H groups in total. The lowest BCUT2D eigenvalue weighted by Gasteiger charge is -2.40. The van der Waals surface area contributed by atoms with Crippen LogP contribution >= 0.6 is 0 Å². The van der Waals surface area contributed by atoms with E-state index in [4.69, 9.17) is 9.47 Å². The van der Waals surface area contributed by atoms with Crippen molar-refractivity contribution in [1.82, 2.24) is 13.9 Å². The van der Waals surface area contributed by atoms with Gasteiger partial charge in [-0.3, -0.25) is 4.79 Å². The minimum absolute atomic E-state index is 0.00725. The van der Waals surface area contributed by atoms with Crippen LogP contribution in [0.4, 0.5) is 4.39 Å². The van der Waals surface area contributed by atoms with E-state index >= 15 is 0 Å². The zero-order chi connectivity index (χ0) is 25.3. The number of likely N-dealkylation sites (tertiary alicyclic amines) is 1. The van der Waals surface area contributed by atoms with Crippen LogP contribution in [0.3, 0.4) is 0 Å². The molecule has 0 radical (unpaired) electrons. The highest BCUT2D eigenvalue weighted by molar-refractivity contribution is 7.87. The molecule has 8 nitrogen and oxygen atoms in total. The number of piperidine rings is 1. The van der Waals surface area contributed by atoms with E-state index in [0.29, 0.717) is 18.6 Å². The summed E-state index contributed by atoms with van der Waals surface area (Å²) >= 11 is 0. The highest BCUT2D eigenvalue weighted by Gasteiger charge is 2.34. The number of halogens is 1. The van der Waals surface area contributed by atoms with E-state index in [2.05, 4.69) is 9.62 Å². The van der Waals surface area contributed by atoms with Gasteiger partial charge in [-0.05, 0) is 55.8 Å². The average molecular weight is 518 g/mol. The summed E-state index contributed by atoms with van der Waals surface area (Å²) in [6, 6.07) is 12.2. The normalized spacial score (nSPS) is 20.2. The van der Waals surface area contributed by atoms with Crippen molar-refractivity contribution in [3.8, 4) is 5.75 Å². The molecule has 0 spiro atoms. The Labute approximate surface area is 211 Å². The lowest BCUT2D eigenvalue weighted by molar-refractivity contribution is -0.0957. The second-order valence-electron chi connectivity index (χ2n) is 9.93. The van der Waals surface area contributed by atoms with Crippen LogP contribution in [-0.4, -0.2) is 69.0 Å². The van der Waals surface area contributed by atoms with Crippen LogP contribution in [0.2, 0.25) is 0 Å². The Morgan fingerprint density at radius 3 is 2.39 bits per heavy atom.